The van der Waals surface area contributed by atoms with Crippen LogP contribution in [0.2, 0.25) is 0 Å². The van der Waals surface area contributed by atoms with Gasteiger partial charge in [0.1, 0.15) is 0 Å². The maximum atomic E-state index is 5.63. The predicted octanol–water partition coefficient (Wildman–Crippen LogP) is 1.67. The Morgan fingerprint density at radius 2 is 2.19 bits per heavy atom. The van der Waals surface area contributed by atoms with Crippen molar-refractivity contribution in [2.45, 2.75) is 38.3 Å². The molecule has 0 saturated carbocycles. The number of morpholine rings is 1. The van der Waals surface area contributed by atoms with Gasteiger partial charge in [0.25, 0.3) is 0 Å². The molecular formula is C16H28N4O. The van der Waals surface area contributed by atoms with Gasteiger partial charge in [0.05, 0.1) is 24.4 Å². The van der Waals surface area contributed by atoms with Gasteiger partial charge in [-0.05, 0) is 32.4 Å². The van der Waals surface area contributed by atoms with E-state index in [1.54, 1.807) is 0 Å². The summed E-state index contributed by atoms with van der Waals surface area (Å²) in [6.07, 6.45) is 6.23. The van der Waals surface area contributed by atoms with E-state index in [4.69, 9.17) is 4.74 Å². The summed E-state index contributed by atoms with van der Waals surface area (Å²) in [5.74, 6) is 0. The van der Waals surface area contributed by atoms with E-state index in [2.05, 4.69) is 34.9 Å². The molecule has 2 unspecified atom stereocenters. The van der Waals surface area contributed by atoms with Crippen LogP contribution in [0, 0.1) is 0 Å². The lowest BCUT2D eigenvalue weighted by atomic mass is 9.99. The highest BCUT2D eigenvalue weighted by molar-refractivity contribution is 5.08. The van der Waals surface area contributed by atoms with E-state index in [0.29, 0.717) is 12.1 Å². The fourth-order valence-electron chi connectivity index (χ4n) is 3.67. The molecule has 0 N–H and O–H groups in total. The van der Waals surface area contributed by atoms with E-state index in [1.165, 1.54) is 31.5 Å². The molecule has 3 rings (SSSR count). The second-order valence-corrected chi connectivity index (χ2v) is 6.41. The molecule has 0 amide bonds. The predicted molar refractivity (Wildman–Crippen MR) is 83.2 cm³/mol. The van der Waals surface area contributed by atoms with Crippen molar-refractivity contribution in [3.05, 3.63) is 18.0 Å². The highest BCUT2D eigenvalue weighted by Gasteiger charge is 2.26. The van der Waals surface area contributed by atoms with E-state index in [1.807, 2.05) is 10.9 Å². The molecule has 2 fully saturated rings. The van der Waals surface area contributed by atoms with E-state index < -0.39 is 0 Å². The molecule has 2 saturated heterocycles. The lowest BCUT2D eigenvalue weighted by Gasteiger charge is -2.38. The summed E-state index contributed by atoms with van der Waals surface area (Å²) in [6.45, 7) is 8.73. The topological polar surface area (TPSA) is 33.5 Å². The van der Waals surface area contributed by atoms with Crippen molar-refractivity contribution in [3.8, 4) is 0 Å². The first-order chi connectivity index (χ1) is 10.2. The minimum absolute atomic E-state index is 0.382. The number of aromatic nitrogens is 2. The standard InChI is InChI=1S/C16H28N4O/c1-14-13-19(11-12-21-14)9-10-20-8-4-3-5-16(20)15-6-7-17-18(15)2/h6-7,14,16H,3-5,8-13H2,1-2H3. The van der Waals surface area contributed by atoms with Crippen molar-refractivity contribution in [2.24, 2.45) is 7.05 Å². The molecular weight excluding hydrogens is 264 g/mol. The highest BCUT2D eigenvalue weighted by Crippen LogP contribution is 2.30. The minimum Gasteiger partial charge on any atom is -0.376 e. The van der Waals surface area contributed by atoms with Gasteiger partial charge >= 0.3 is 0 Å². The molecule has 2 atom stereocenters. The molecule has 0 bridgehead atoms. The Hall–Kier alpha value is -0.910. The summed E-state index contributed by atoms with van der Waals surface area (Å²) in [7, 11) is 2.06. The molecule has 21 heavy (non-hydrogen) atoms. The summed E-state index contributed by atoms with van der Waals surface area (Å²) in [4.78, 5) is 5.20. The third-order valence-corrected chi connectivity index (χ3v) is 4.84. The van der Waals surface area contributed by atoms with Crippen LogP contribution in [0.3, 0.4) is 0 Å². The van der Waals surface area contributed by atoms with Crippen molar-refractivity contribution in [2.75, 3.05) is 39.3 Å². The molecule has 1 aromatic rings. The average Bonchev–Trinajstić information content (AvgIpc) is 2.91. The molecule has 5 heteroatoms. The van der Waals surface area contributed by atoms with Crippen LogP contribution in [0.5, 0.6) is 0 Å². The summed E-state index contributed by atoms with van der Waals surface area (Å²) in [5, 5.41) is 4.35. The van der Waals surface area contributed by atoms with Crippen LogP contribution < -0.4 is 0 Å². The summed E-state index contributed by atoms with van der Waals surface area (Å²) < 4.78 is 7.67. The lowest BCUT2D eigenvalue weighted by Crippen LogP contribution is -2.46. The van der Waals surface area contributed by atoms with Gasteiger partial charge in [0.15, 0.2) is 0 Å². The van der Waals surface area contributed by atoms with Gasteiger partial charge in [-0.3, -0.25) is 14.5 Å². The zero-order valence-electron chi connectivity index (χ0n) is 13.4. The first-order valence-electron chi connectivity index (χ1n) is 8.30. The maximum absolute atomic E-state index is 5.63. The smallest absolute Gasteiger partial charge is 0.0674 e. The molecule has 0 aromatic carbocycles. The third kappa shape index (κ3) is 3.65. The van der Waals surface area contributed by atoms with Crippen molar-refractivity contribution in [3.63, 3.8) is 0 Å². The van der Waals surface area contributed by atoms with Crippen LogP contribution in [-0.4, -0.2) is 65.0 Å². The van der Waals surface area contributed by atoms with Crippen LogP contribution in [0.15, 0.2) is 12.3 Å². The van der Waals surface area contributed by atoms with Crippen molar-refractivity contribution < 1.29 is 4.74 Å². The number of hydrogen-bond donors (Lipinski definition) is 0. The van der Waals surface area contributed by atoms with Gasteiger partial charge in [-0.2, -0.15) is 5.10 Å². The molecule has 0 radical (unpaired) electrons. The van der Waals surface area contributed by atoms with Gasteiger partial charge in [-0.1, -0.05) is 6.42 Å². The molecule has 3 heterocycles. The van der Waals surface area contributed by atoms with Crippen molar-refractivity contribution in [1.82, 2.24) is 19.6 Å². The molecule has 2 aliphatic heterocycles. The van der Waals surface area contributed by atoms with E-state index in [-0.39, 0.29) is 0 Å². The normalized spacial score (nSPS) is 28.9. The monoisotopic (exact) mass is 292 g/mol. The van der Waals surface area contributed by atoms with Crippen LogP contribution in [0.4, 0.5) is 0 Å². The number of piperidine rings is 1. The Morgan fingerprint density at radius 1 is 1.29 bits per heavy atom. The Bertz CT molecular complexity index is 447. The van der Waals surface area contributed by atoms with Gasteiger partial charge < -0.3 is 4.74 Å². The Labute approximate surface area is 127 Å². The second kappa shape index (κ2) is 6.90. The SMILES string of the molecule is CC1CN(CCN2CCCCC2c2ccnn2C)CCO1. The maximum Gasteiger partial charge on any atom is 0.0674 e. The first kappa shape index (κ1) is 15.0. The van der Waals surface area contributed by atoms with Crippen LogP contribution in [0.1, 0.15) is 37.9 Å². The van der Waals surface area contributed by atoms with E-state index in [0.717, 1.165) is 32.8 Å². The minimum atomic E-state index is 0.382. The van der Waals surface area contributed by atoms with Gasteiger partial charge in [-0.15, -0.1) is 0 Å². The number of aryl methyl sites for hydroxylation is 1. The van der Waals surface area contributed by atoms with Gasteiger partial charge in [-0.25, -0.2) is 0 Å². The summed E-state index contributed by atoms with van der Waals surface area (Å²) >= 11 is 0. The zero-order valence-corrected chi connectivity index (χ0v) is 13.4. The van der Waals surface area contributed by atoms with Crippen LogP contribution in [-0.2, 0) is 11.8 Å². The van der Waals surface area contributed by atoms with E-state index in [9.17, 15) is 0 Å². The number of ether oxygens (including phenoxy) is 1. The zero-order chi connectivity index (χ0) is 14.7. The summed E-state index contributed by atoms with van der Waals surface area (Å²) in [5.41, 5.74) is 1.37. The fraction of sp³-hybridized carbons (Fsp3) is 0.812. The number of hydrogen-bond acceptors (Lipinski definition) is 4. The van der Waals surface area contributed by atoms with Gasteiger partial charge in [0, 0.05) is 39.4 Å². The highest BCUT2D eigenvalue weighted by atomic mass is 16.5. The van der Waals surface area contributed by atoms with Crippen molar-refractivity contribution in [1.29, 1.82) is 0 Å². The Morgan fingerprint density at radius 3 is 2.95 bits per heavy atom. The quantitative estimate of drug-likeness (QED) is 0.845. The summed E-state index contributed by atoms with van der Waals surface area (Å²) in [6, 6.07) is 2.73. The number of nitrogens with zero attached hydrogens (tertiary/aromatic N) is 4. The van der Waals surface area contributed by atoms with Gasteiger partial charge in [0.2, 0.25) is 0 Å². The second-order valence-electron chi connectivity index (χ2n) is 6.41. The first-order valence-corrected chi connectivity index (χ1v) is 8.30. The number of rotatable bonds is 4. The fourth-order valence-corrected chi connectivity index (χ4v) is 3.67. The third-order valence-electron chi connectivity index (χ3n) is 4.84. The van der Waals surface area contributed by atoms with E-state index >= 15 is 0 Å². The Kier molecular flexibility index (Phi) is 4.93. The molecule has 5 nitrogen and oxygen atoms in total. The molecule has 118 valence electrons. The molecule has 0 aliphatic carbocycles. The Balaban J connectivity index is 1.58. The largest absolute Gasteiger partial charge is 0.376 e. The molecule has 2 aliphatic rings. The molecule has 1 aromatic heterocycles. The average molecular weight is 292 g/mol. The number of likely N-dealkylation sites (tertiary alicyclic amines) is 1. The van der Waals surface area contributed by atoms with Crippen LogP contribution >= 0.6 is 0 Å². The lowest BCUT2D eigenvalue weighted by molar-refractivity contribution is -0.0229. The van der Waals surface area contributed by atoms with Crippen LogP contribution in [0.25, 0.3) is 0 Å². The molecule has 0 spiro atoms. The van der Waals surface area contributed by atoms with Crippen molar-refractivity contribution >= 4 is 0 Å².